The first kappa shape index (κ1) is 15.4. The number of hydrogen-bond donors (Lipinski definition) is 0. The van der Waals surface area contributed by atoms with Crippen LogP contribution in [0.5, 0.6) is 0 Å². The molecular formula is C17H23N3O. The monoisotopic (exact) mass is 285 g/mol. The Morgan fingerprint density at radius 1 is 1.29 bits per heavy atom. The Hall–Kier alpha value is -1.94. The van der Waals surface area contributed by atoms with Gasteiger partial charge in [-0.25, -0.2) is 0 Å². The fourth-order valence-corrected chi connectivity index (χ4v) is 2.32. The van der Waals surface area contributed by atoms with E-state index in [0.717, 1.165) is 17.5 Å². The quantitative estimate of drug-likeness (QED) is 0.766. The third-order valence-electron chi connectivity index (χ3n) is 3.88. The van der Waals surface area contributed by atoms with E-state index in [-0.39, 0.29) is 11.8 Å². The Morgan fingerprint density at radius 3 is 2.48 bits per heavy atom. The minimum atomic E-state index is -0.155. The van der Waals surface area contributed by atoms with Gasteiger partial charge in [0.25, 0.3) is 0 Å². The number of carbonyl (C=O) groups excluding carboxylic acids is 1. The van der Waals surface area contributed by atoms with Gasteiger partial charge in [-0.3, -0.25) is 14.4 Å². The van der Waals surface area contributed by atoms with E-state index in [2.05, 4.69) is 12.0 Å². The summed E-state index contributed by atoms with van der Waals surface area (Å²) < 4.78 is 1.78. The second-order valence-corrected chi connectivity index (χ2v) is 5.53. The van der Waals surface area contributed by atoms with E-state index in [9.17, 15) is 4.79 Å². The van der Waals surface area contributed by atoms with Crippen LogP contribution in [0, 0.1) is 0 Å². The van der Waals surface area contributed by atoms with E-state index < -0.39 is 0 Å². The van der Waals surface area contributed by atoms with Crippen molar-refractivity contribution < 1.29 is 4.79 Å². The van der Waals surface area contributed by atoms with E-state index in [1.54, 1.807) is 4.68 Å². The molecular weight excluding hydrogens is 262 g/mol. The van der Waals surface area contributed by atoms with Gasteiger partial charge in [0.1, 0.15) is 0 Å². The summed E-state index contributed by atoms with van der Waals surface area (Å²) in [5, 5.41) is 4.16. The molecule has 0 aliphatic rings. The molecule has 0 saturated heterocycles. The van der Waals surface area contributed by atoms with Crippen LogP contribution in [0.1, 0.15) is 35.3 Å². The Labute approximate surface area is 126 Å². The van der Waals surface area contributed by atoms with Crippen molar-refractivity contribution >= 4 is 5.78 Å². The fraction of sp³-hybridized carbons (Fsp3) is 0.412. The molecule has 2 rings (SSSR count). The highest BCUT2D eigenvalue weighted by molar-refractivity contribution is 5.99. The van der Waals surface area contributed by atoms with Crippen molar-refractivity contribution in [3.63, 3.8) is 0 Å². The lowest BCUT2D eigenvalue weighted by Gasteiger charge is -2.23. The topological polar surface area (TPSA) is 38.1 Å². The number of hydrogen-bond acceptors (Lipinski definition) is 3. The van der Waals surface area contributed by atoms with Crippen LogP contribution in [0.15, 0.2) is 36.7 Å². The zero-order valence-corrected chi connectivity index (χ0v) is 13.2. The molecule has 0 radical (unpaired) electrons. The van der Waals surface area contributed by atoms with Crippen molar-refractivity contribution in [2.45, 2.75) is 32.9 Å². The summed E-state index contributed by atoms with van der Waals surface area (Å²) in [5.74, 6) is 0.157. The second-order valence-electron chi connectivity index (χ2n) is 5.53. The highest BCUT2D eigenvalue weighted by Gasteiger charge is 2.20. The Kier molecular flexibility index (Phi) is 4.91. The van der Waals surface area contributed by atoms with Gasteiger partial charge in [0.2, 0.25) is 0 Å². The molecule has 1 aromatic heterocycles. The summed E-state index contributed by atoms with van der Waals surface area (Å²) >= 11 is 0. The molecule has 2 aromatic rings. The molecule has 0 aliphatic carbocycles. The van der Waals surface area contributed by atoms with Gasteiger partial charge in [-0.05, 0) is 26.0 Å². The molecule has 0 bridgehead atoms. The van der Waals surface area contributed by atoms with Gasteiger partial charge < -0.3 is 0 Å². The molecule has 21 heavy (non-hydrogen) atoms. The van der Waals surface area contributed by atoms with Crippen LogP contribution in [0.3, 0.4) is 0 Å². The lowest BCUT2D eigenvalue weighted by atomic mass is 10.0. The Balaban J connectivity index is 2.03. The molecule has 112 valence electrons. The normalized spacial score (nSPS) is 12.6. The summed E-state index contributed by atoms with van der Waals surface area (Å²) in [5.41, 5.74) is 3.14. The van der Waals surface area contributed by atoms with E-state index in [4.69, 9.17) is 0 Å². The summed E-state index contributed by atoms with van der Waals surface area (Å²) in [7, 11) is 3.86. The fourth-order valence-electron chi connectivity index (χ4n) is 2.32. The average molecular weight is 285 g/mol. The maximum atomic E-state index is 12.5. The maximum absolute atomic E-state index is 12.5. The zero-order valence-electron chi connectivity index (χ0n) is 13.2. The summed E-state index contributed by atoms with van der Waals surface area (Å²) in [6.07, 6.45) is 4.80. The van der Waals surface area contributed by atoms with Crippen molar-refractivity contribution in [1.29, 1.82) is 0 Å². The second kappa shape index (κ2) is 6.68. The Morgan fingerprint density at radius 2 is 1.95 bits per heavy atom. The lowest BCUT2D eigenvalue weighted by molar-refractivity contribution is 0.0862. The van der Waals surface area contributed by atoms with Crippen LogP contribution >= 0.6 is 0 Å². The molecule has 4 heteroatoms. The van der Waals surface area contributed by atoms with Gasteiger partial charge in [-0.15, -0.1) is 0 Å². The molecule has 1 aromatic carbocycles. The van der Waals surface area contributed by atoms with E-state index in [0.29, 0.717) is 6.54 Å². The van der Waals surface area contributed by atoms with Gasteiger partial charge in [0, 0.05) is 30.9 Å². The number of ketones is 1. The molecule has 0 amide bonds. The van der Waals surface area contributed by atoms with Crippen molar-refractivity contribution in [3.05, 3.63) is 53.3 Å². The number of nitrogens with zero attached hydrogens (tertiary/aromatic N) is 3. The number of carbonyl (C=O) groups is 1. The van der Waals surface area contributed by atoms with Crippen LogP contribution in [-0.4, -0.2) is 33.6 Å². The maximum Gasteiger partial charge on any atom is 0.179 e. The summed E-state index contributed by atoms with van der Waals surface area (Å²) in [6.45, 7) is 4.78. The van der Waals surface area contributed by atoms with E-state index in [1.165, 1.54) is 5.56 Å². The molecule has 4 nitrogen and oxygen atoms in total. The van der Waals surface area contributed by atoms with Crippen molar-refractivity contribution in [2.24, 2.45) is 7.05 Å². The number of benzene rings is 1. The molecule has 0 N–H and O–H groups in total. The van der Waals surface area contributed by atoms with E-state index in [1.807, 2.05) is 62.6 Å². The number of Topliss-reactive ketones (excluding diaryl/α,β-unsaturated/α-hetero) is 1. The number of aryl methyl sites for hydroxylation is 2. The highest BCUT2D eigenvalue weighted by Crippen LogP contribution is 2.12. The predicted molar refractivity (Wildman–Crippen MR) is 84.3 cm³/mol. The Bertz CT molecular complexity index is 601. The third-order valence-corrected chi connectivity index (χ3v) is 3.88. The number of aromatic nitrogens is 2. The smallest absolute Gasteiger partial charge is 0.179 e. The standard InChI is InChI=1S/C17H23N3O/c1-5-14-6-8-16(9-7-14)17(21)13(2)19(3)11-15-10-18-20(4)12-15/h6-10,12-13H,5,11H2,1-4H3. The lowest BCUT2D eigenvalue weighted by Crippen LogP contribution is -2.35. The SMILES string of the molecule is CCc1ccc(C(=O)C(C)N(C)Cc2cnn(C)c2)cc1. The molecule has 0 aliphatic heterocycles. The largest absolute Gasteiger partial charge is 0.292 e. The molecule has 1 unspecified atom stereocenters. The summed E-state index contributed by atoms with van der Waals surface area (Å²) in [6, 6.07) is 7.76. The summed E-state index contributed by atoms with van der Waals surface area (Å²) in [4.78, 5) is 14.6. The molecule has 0 fully saturated rings. The van der Waals surface area contributed by atoms with Crippen molar-refractivity contribution in [3.8, 4) is 0 Å². The van der Waals surface area contributed by atoms with Crippen LogP contribution in [-0.2, 0) is 20.0 Å². The molecule has 1 heterocycles. The van der Waals surface area contributed by atoms with Gasteiger partial charge in [-0.1, -0.05) is 31.2 Å². The van der Waals surface area contributed by atoms with Gasteiger partial charge in [0.15, 0.2) is 5.78 Å². The average Bonchev–Trinajstić information content (AvgIpc) is 2.90. The van der Waals surface area contributed by atoms with Gasteiger partial charge in [0.05, 0.1) is 12.2 Å². The van der Waals surface area contributed by atoms with E-state index >= 15 is 0 Å². The predicted octanol–water partition coefficient (Wildman–Crippen LogP) is 2.69. The van der Waals surface area contributed by atoms with Crippen LogP contribution < -0.4 is 0 Å². The van der Waals surface area contributed by atoms with Crippen LogP contribution in [0.2, 0.25) is 0 Å². The van der Waals surface area contributed by atoms with Crippen LogP contribution in [0.4, 0.5) is 0 Å². The van der Waals surface area contributed by atoms with Crippen LogP contribution in [0.25, 0.3) is 0 Å². The minimum Gasteiger partial charge on any atom is -0.292 e. The molecule has 0 saturated carbocycles. The third kappa shape index (κ3) is 3.79. The molecule has 1 atom stereocenters. The minimum absolute atomic E-state index is 0.155. The first-order valence-corrected chi connectivity index (χ1v) is 7.32. The van der Waals surface area contributed by atoms with Crippen molar-refractivity contribution in [2.75, 3.05) is 7.05 Å². The number of likely N-dealkylation sites (N-methyl/N-ethyl adjacent to an activating group) is 1. The first-order chi connectivity index (χ1) is 10.0. The molecule has 0 spiro atoms. The highest BCUT2D eigenvalue weighted by atomic mass is 16.1. The number of rotatable bonds is 6. The zero-order chi connectivity index (χ0) is 15.4. The van der Waals surface area contributed by atoms with Gasteiger partial charge >= 0.3 is 0 Å². The first-order valence-electron chi connectivity index (χ1n) is 7.32. The van der Waals surface area contributed by atoms with Crippen molar-refractivity contribution in [1.82, 2.24) is 14.7 Å². The van der Waals surface area contributed by atoms with Gasteiger partial charge in [-0.2, -0.15) is 5.10 Å².